The van der Waals surface area contributed by atoms with Gasteiger partial charge in [0, 0.05) is 252 Å². The standard InChI is InChI=1S/3C14H22N2O.2C14H22N2.C13H19ClN2.C13H19FN2.C12H19N3/c2*1-11(2)12-3-5-13(6-4-12)16-8-7-15-9-14(16)10-17;1-11(2)12-3-4-14(13(9-12)10-17)16-7-5-15-6-8-16;1-11(2)13-4-6-14(7-5-13)16-9-8-15-10-12(16)3;1-11(2)14-5-4-13(10-12(14)3)16-8-6-15-7-9-16;2*1-10(2)12-4-3-11(9-13(12)14)16-7-5-15-6-8-16;1-10(2)11-3-4-12(14-9-11)15-7-5-13-6-8-15/h2*3-6,11,14-15,17H,7-10H2,1-2H3;3-4,9,11,15,17H,5-8,10H2,1-2H3;4-7,11-12,15H,8-10H2,1-3H3;4-5,10-11,15H,6-9H2,1-3H3;2*3-4,9-10,15H,5-8H2,1-2H3;3-4,9-10,13H,5-8H2,1-2H3/t2*14-;;;;;;/m10....../s1. The first-order chi connectivity index (χ1) is 62.7. The van der Waals surface area contributed by atoms with Crippen LogP contribution in [0.5, 0.6) is 0 Å². The van der Waals surface area contributed by atoms with Crippen LogP contribution in [0.3, 0.4) is 0 Å². The van der Waals surface area contributed by atoms with Gasteiger partial charge in [0.15, 0.2) is 0 Å². The SMILES string of the molecule is CC(C)c1ccc(N2CCNCC2)c(CO)c1.CC(C)c1ccc(N2CCNCC2)cc1Cl.CC(C)c1ccc(N2CCNCC2)cc1F.CC(C)c1ccc(N2CCNCC2)nc1.CC(C)c1ccc(N2CCNCC2C)cc1.CC(C)c1ccc(N2CCNC[C@@H]2CO)cc1.CC(C)c1ccc(N2CCNC[C@H]2CO)cc1.Cc1cc(N2CCNCC2)ccc1C(C)C. The van der Waals surface area contributed by atoms with Gasteiger partial charge in [0.05, 0.1) is 31.9 Å². The lowest BCUT2D eigenvalue weighted by Gasteiger charge is -2.37. The van der Waals surface area contributed by atoms with Crippen LogP contribution in [-0.4, -0.2) is 241 Å². The molecule has 11 N–H and O–H groups in total. The van der Waals surface area contributed by atoms with Crippen molar-refractivity contribution < 1.29 is 19.7 Å². The van der Waals surface area contributed by atoms with Crippen molar-refractivity contribution >= 4 is 57.2 Å². The number of nitrogens with one attached hydrogen (secondary N) is 8. The number of hydrogen-bond acceptors (Lipinski definition) is 20. The van der Waals surface area contributed by atoms with Gasteiger partial charge in [0.1, 0.15) is 11.6 Å². The number of benzene rings is 7. The lowest BCUT2D eigenvalue weighted by atomic mass is 9.97. The third-order valence-corrected chi connectivity index (χ3v) is 26.4. The number of piperazine rings is 8. The van der Waals surface area contributed by atoms with E-state index in [9.17, 15) is 19.7 Å². The summed E-state index contributed by atoms with van der Waals surface area (Å²) >= 11 is 6.30. The predicted molar refractivity (Wildman–Crippen MR) is 555 cm³/mol. The normalized spacial score (nSPS) is 18.5. The Hall–Kier alpha value is -8.13. The van der Waals surface area contributed by atoms with Crippen LogP contribution in [0.1, 0.15) is 221 Å². The minimum absolute atomic E-state index is 0.0777. The van der Waals surface area contributed by atoms with Gasteiger partial charge in [0.2, 0.25) is 0 Å². The van der Waals surface area contributed by atoms with Crippen LogP contribution in [-0.2, 0) is 6.61 Å². The van der Waals surface area contributed by atoms with Crippen LogP contribution in [0.2, 0.25) is 5.02 Å². The summed E-state index contributed by atoms with van der Waals surface area (Å²) in [6.07, 6.45) is 2.00. The number of pyridine rings is 1. The molecule has 20 nitrogen and oxygen atoms in total. The number of aliphatic hydroxyl groups is 3. The molecule has 0 amide bonds. The van der Waals surface area contributed by atoms with E-state index < -0.39 is 0 Å². The second-order valence-electron chi connectivity index (χ2n) is 38.4. The second-order valence-corrected chi connectivity index (χ2v) is 38.8. The number of aliphatic hydroxyl groups excluding tert-OH is 3. The van der Waals surface area contributed by atoms with E-state index >= 15 is 0 Å². The molecule has 8 aromatic rings. The summed E-state index contributed by atoms with van der Waals surface area (Å²) in [4.78, 5) is 23.4. The third-order valence-electron chi connectivity index (χ3n) is 26.1. The Labute approximate surface area is 789 Å². The number of aryl methyl sites for hydroxylation is 1. The average Bonchev–Trinajstić information content (AvgIpc) is 0.854. The maximum absolute atomic E-state index is 13.8. The van der Waals surface area contributed by atoms with Crippen molar-refractivity contribution in [2.45, 2.75) is 197 Å². The van der Waals surface area contributed by atoms with Crippen molar-refractivity contribution in [3.05, 3.63) is 230 Å². The molecule has 16 rings (SSSR count). The van der Waals surface area contributed by atoms with E-state index in [1.165, 1.54) is 78.6 Å². The van der Waals surface area contributed by atoms with Gasteiger partial charge in [-0.1, -0.05) is 195 Å². The Bertz CT molecular complexity index is 4230. The molecule has 0 spiro atoms. The third kappa shape index (κ3) is 32.9. The Morgan fingerprint density at radius 2 is 0.662 bits per heavy atom. The maximum atomic E-state index is 13.8. The van der Waals surface area contributed by atoms with E-state index in [2.05, 4.69) is 337 Å². The molecule has 22 heteroatoms. The van der Waals surface area contributed by atoms with Gasteiger partial charge >= 0.3 is 0 Å². The van der Waals surface area contributed by atoms with E-state index in [4.69, 9.17) is 11.6 Å². The zero-order valence-corrected chi connectivity index (χ0v) is 83.4. The van der Waals surface area contributed by atoms with Crippen LogP contribution in [0, 0.1) is 12.7 Å². The fourth-order valence-electron chi connectivity index (χ4n) is 17.7. The highest BCUT2D eigenvalue weighted by Crippen LogP contribution is 2.33. The summed E-state index contributed by atoms with van der Waals surface area (Å²) in [6, 6.07) is 57.2. The van der Waals surface area contributed by atoms with Crippen molar-refractivity contribution in [3.8, 4) is 0 Å². The minimum atomic E-state index is -0.0777. The fraction of sp³-hybridized carbons (Fsp3) is 0.565. The highest BCUT2D eigenvalue weighted by atomic mass is 35.5. The maximum Gasteiger partial charge on any atom is 0.128 e. The van der Waals surface area contributed by atoms with Gasteiger partial charge in [-0.3, -0.25) is 0 Å². The van der Waals surface area contributed by atoms with E-state index in [1.54, 1.807) is 6.07 Å². The summed E-state index contributed by atoms with van der Waals surface area (Å²) in [7, 11) is 0. The van der Waals surface area contributed by atoms with E-state index in [0.717, 1.165) is 217 Å². The predicted octanol–water partition coefficient (Wildman–Crippen LogP) is 16.9. The van der Waals surface area contributed by atoms with Gasteiger partial charge in [-0.15, -0.1) is 0 Å². The summed E-state index contributed by atoms with van der Waals surface area (Å²) in [5, 5.41) is 56.0. The molecule has 0 saturated carbocycles. The summed E-state index contributed by atoms with van der Waals surface area (Å²) < 4.78 is 13.8. The molecule has 8 fully saturated rings. The number of halogens is 2. The van der Waals surface area contributed by atoms with E-state index in [-0.39, 0.29) is 43.6 Å². The molecule has 3 atom stereocenters. The van der Waals surface area contributed by atoms with Crippen LogP contribution < -0.4 is 81.7 Å². The molecular weight excluding hydrogens is 1640 g/mol. The van der Waals surface area contributed by atoms with Gasteiger partial charge in [0.25, 0.3) is 0 Å². The highest BCUT2D eigenvalue weighted by molar-refractivity contribution is 6.31. The summed E-state index contributed by atoms with van der Waals surface area (Å²) in [6.45, 7) is 69.8. The second kappa shape index (κ2) is 55.5. The van der Waals surface area contributed by atoms with Gasteiger partial charge < -0.3 is 97.1 Å². The smallest absolute Gasteiger partial charge is 0.128 e. The molecular formula is C108H167ClFN17O3. The van der Waals surface area contributed by atoms with Crippen molar-refractivity contribution in [2.24, 2.45) is 0 Å². The van der Waals surface area contributed by atoms with Crippen molar-refractivity contribution in [2.75, 3.05) is 242 Å². The average molecular weight is 1810 g/mol. The lowest BCUT2D eigenvalue weighted by molar-refractivity contribution is 0.246. The first-order valence-electron chi connectivity index (χ1n) is 49.3. The number of nitrogens with zero attached hydrogens (tertiary/aromatic N) is 9. The molecule has 9 heterocycles. The van der Waals surface area contributed by atoms with Crippen molar-refractivity contribution in [1.29, 1.82) is 0 Å². The topological polar surface area (TPSA) is 196 Å². The van der Waals surface area contributed by atoms with E-state index in [1.807, 2.05) is 32.2 Å². The zero-order chi connectivity index (χ0) is 93.6. The molecule has 0 aliphatic carbocycles. The first-order valence-corrected chi connectivity index (χ1v) is 49.7. The van der Waals surface area contributed by atoms with Crippen molar-refractivity contribution in [1.82, 2.24) is 47.5 Å². The molecule has 716 valence electrons. The highest BCUT2D eigenvalue weighted by Gasteiger charge is 2.26. The molecule has 8 aliphatic heterocycles. The Kier molecular flexibility index (Phi) is 45.1. The molecule has 7 aromatic carbocycles. The molecule has 0 bridgehead atoms. The number of anilines is 8. The van der Waals surface area contributed by atoms with Crippen molar-refractivity contribution in [3.63, 3.8) is 0 Å². The lowest BCUT2D eigenvalue weighted by Crippen LogP contribution is -2.53. The Balaban J connectivity index is 0.000000167. The van der Waals surface area contributed by atoms with E-state index in [0.29, 0.717) is 47.5 Å². The molecule has 0 radical (unpaired) electrons. The van der Waals surface area contributed by atoms with Crippen LogP contribution in [0.15, 0.2) is 164 Å². The Morgan fingerprint density at radius 3 is 1.02 bits per heavy atom. The van der Waals surface area contributed by atoms with Gasteiger partial charge in [-0.2, -0.15) is 0 Å². The van der Waals surface area contributed by atoms with Crippen LogP contribution in [0.4, 0.5) is 50.0 Å². The molecule has 8 saturated heterocycles. The molecule has 1 aromatic heterocycles. The van der Waals surface area contributed by atoms with Gasteiger partial charge in [-0.05, 0) is 196 Å². The molecule has 1 unspecified atom stereocenters. The first kappa shape index (κ1) is 106. The van der Waals surface area contributed by atoms with Gasteiger partial charge in [-0.25, -0.2) is 9.37 Å². The molecule has 130 heavy (non-hydrogen) atoms. The summed E-state index contributed by atoms with van der Waals surface area (Å²) in [5.74, 6) is 5.23. The minimum Gasteiger partial charge on any atom is -0.394 e. The zero-order valence-electron chi connectivity index (χ0n) is 82.7. The quantitative estimate of drug-likeness (QED) is 0.0365. The number of hydrogen-bond donors (Lipinski definition) is 11. The largest absolute Gasteiger partial charge is 0.394 e. The van der Waals surface area contributed by atoms with Crippen LogP contribution >= 0.6 is 11.6 Å². The Morgan fingerprint density at radius 1 is 0.331 bits per heavy atom. The number of rotatable bonds is 19. The monoisotopic (exact) mass is 1800 g/mol. The summed E-state index contributed by atoms with van der Waals surface area (Å²) in [5.41, 5.74) is 21.4. The number of aromatic nitrogens is 1. The van der Waals surface area contributed by atoms with Crippen LogP contribution in [0.25, 0.3) is 0 Å². The fourth-order valence-corrected chi connectivity index (χ4v) is 18.1. The molecule has 8 aliphatic rings.